The van der Waals surface area contributed by atoms with E-state index in [9.17, 15) is 9.59 Å². The summed E-state index contributed by atoms with van der Waals surface area (Å²) in [5, 5.41) is 3.22. The number of rotatable bonds is 11. The highest BCUT2D eigenvalue weighted by Gasteiger charge is 2.30. The molecule has 0 aliphatic heterocycles. The molecular formula is C27H36N2O2S. The van der Waals surface area contributed by atoms with Crippen LogP contribution in [0.2, 0.25) is 0 Å². The molecule has 172 valence electrons. The second-order valence-corrected chi connectivity index (χ2v) is 9.76. The fourth-order valence-electron chi connectivity index (χ4n) is 4.33. The van der Waals surface area contributed by atoms with Crippen molar-refractivity contribution in [3.05, 3.63) is 71.3 Å². The molecule has 32 heavy (non-hydrogen) atoms. The van der Waals surface area contributed by atoms with Gasteiger partial charge in [0.15, 0.2) is 0 Å². The molecule has 0 aromatic heterocycles. The third-order valence-corrected chi connectivity index (χ3v) is 7.29. The predicted octanol–water partition coefficient (Wildman–Crippen LogP) is 5.48. The molecule has 0 radical (unpaired) electrons. The number of nitrogens with zero attached hydrogens (tertiary/aromatic N) is 1. The number of hydrogen-bond donors (Lipinski definition) is 1. The molecule has 1 N–H and O–H groups in total. The summed E-state index contributed by atoms with van der Waals surface area (Å²) in [5.74, 6) is 1.70. The number of carbonyl (C=O) groups is 2. The van der Waals surface area contributed by atoms with E-state index in [0.717, 1.165) is 35.5 Å². The van der Waals surface area contributed by atoms with E-state index in [1.54, 1.807) is 11.8 Å². The van der Waals surface area contributed by atoms with Crippen molar-refractivity contribution in [3.8, 4) is 0 Å². The Morgan fingerprint density at radius 2 is 1.75 bits per heavy atom. The summed E-state index contributed by atoms with van der Waals surface area (Å²) in [4.78, 5) is 28.3. The quantitative estimate of drug-likeness (QED) is 0.459. The van der Waals surface area contributed by atoms with Gasteiger partial charge in [-0.25, -0.2) is 0 Å². The summed E-state index contributed by atoms with van der Waals surface area (Å²) >= 11 is 1.77. The van der Waals surface area contributed by atoms with Gasteiger partial charge >= 0.3 is 0 Å². The Morgan fingerprint density at radius 1 is 1.06 bits per heavy atom. The number of aryl methyl sites for hydroxylation is 1. The highest BCUT2D eigenvalue weighted by atomic mass is 32.2. The van der Waals surface area contributed by atoms with Crippen LogP contribution in [0.25, 0.3) is 0 Å². The van der Waals surface area contributed by atoms with Gasteiger partial charge in [0.1, 0.15) is 6.04 Å². The van der Waals surface area contributed by atoms with E-state index in [1.165, 1.54) is 18.4 Å². The van der Waals surface area contributed by atoms with Gasteiger partial charge in [-0.05, 0) is 42.9 Å². The highest BCUT2D eigenvalue weighted by molar-refractivity contribution is 7.98. The lowest BCUT2D eigenvalue weighted by molar-refractivity contribution is -0.141. The van der Waals surface area contributed by atoms with Gasteiger partial charge in [0.05, 0.1) is 0 Å². The number of benzene rings is 2. The number of hydrogen-bond acceptors (Lipinski definition) is 3. The number of nitrogens with one attached hydrogen (secondary N) is 1. The van der Waals surface area contributed by atoms with Crippen LogP contribution in [-0.2, 0) is 21.9 Å². The van der Waals surface area contributed by atoms with Crippen molar-refractivity contribution in [2.45, 2.75) is 76.8 Å². The maximum absolute atomic E-state index is 13.3. The second-order valence-electron chi connectivity index (χ2n) is 8.65. The smallest absolute Gasteiger partial charge is 0.243 e. The summed E-state index contributed by atoms with van der Waals surface area (Å²) in [6.07, 6.45) is 5.50. The van der Waals surface area contributed by atoms with Crippen LogP contribution in [0.4, 0.5) is 0 Å². The first kappa shape index (κ1) is 24.4. The summed E-state index contributed by atoms with van der Waals surface area (Å²) < 4.78 is 0. The molecule has 0 bridgehead atoms. The topological polar surface area (TPSA) is 49.4 Å². The van der Waals surface area contributed by atoms with Gasteiger partial charge < -0.3 is 10.2 Å². The SMILES string of the molecule is CCC(C(=O)NC1CCCC1)N(Cc1ccccc1C)C(=O)CCSCc1ccccc1. The maximum atomic E-state index is 13.3. The standard InChI is InChI=1S/C27H36N2O2S/c1-3-25(27(31)28-24-15-9-10-16-24)29(19-23-14-8-7-11-21(23)2)26(30)17-18-32-20-22-12-5-4-6-13-22/h4-8,11-14,24-25H,3,9-10,15-20H2,1-2H3,(H,28,31). The Bertz CT molecular complexity index is 865. The van der Waals surface area contributed by atoms with Gasteiger partial charge in [-0.1, -0.05) is 74.4 Å². The number of thioether (sulfide) groups is 1. The highest BCUT2D eigenvalue weighted by Crippen LogP contribution is 2.21. The molecule has 0 saturated heterocycles. The van der Waals surface area contributed by atoms with Crippen LogP contribution in [0.3, 0.4) is 0 Å². The molecule has 1 fully saturated rings. The Labute approximate surface area is 197 Å². The van der Waals surface area contributed by atoms with E-state index in [-0.39, 0.29) is 17.9 Å². The van der Waals surface area contributed by atoms with E-state index >= 15 is 0 Å². The van der Waals surface area contributed by atoms with Crippen molar-refractivity contribution >= 4 is 23.6 Å². The first-order chi connectivity index (χ1) is 15.6. The molecule has 2 amide bonds. The minimum absolute atomic E-state index is 0.00160. The molecule has 0 heterocycles. The molecule has 4 nitrogen and oxygen atoms in total. The van der Waals surface area contributed by atoms with Gasteiger partial charge in [0.2, 0.25) is 11.8 Å². The molecular weight excluding hydrogens is 416 g/mol. The Morgan fingerprint density at radius 3 is 2.44 bits per heavy atom. The zero-order chi connectivity index (χ0) is 22.8. The Kier molecular flexibility index (Phi) is 9.66. The molecule has 1 atom stereocenters. The Balaban J connectivity index is 1.66. The second kappa shape index (κ2) is 12.7. The molecule has 5 heteroatoms. The van der Waals surface area contributed by atoms with E-state index in [0.29, 0.717) is 19.4 Å². The third-order valence-electron chi connectivity index (χ3n) is 6.26. The van der Waals surface area contributed by atoms with Crippen molar-refractivity contribution in [2.24, 2.45) is 0 Å². The zero-order valence-electron chi connectivity index (χ0n) is 19.4. The molecule has 1 aliphatic carbocycles. The zero-order valence-corrected chi connectivity index (χ0v) is 20.2. The van der Waals surface area contributed by atoms with Crippen molar-refractivity contribution in [3.63, 3.8) is 0 Å². The first-order valence-electron chi connectivity index (χ1n) is 11.8. The lowest BCUT2D eigenvalue weighted by Gasteiger charge is -2.32. The molecule has 1 unspecified atom stereocenters. The van der Waals surface area contributed by atoms with Crippen molar-refractivity contribution < 1.29 is 9.59 Å². The largest absolute Gasteiger partial charge is 0.352 e. The molecule has 1 saturated carbocycles. The first-order valence-corrected chi connectivity index (χ1v) is 13.0. The van der Waals surface area contributed by atoms with Gasteiger partial charge in [-0.2, -0.15) is 11.8 Å². The van der Waals surface area contributed by atoms with Gasteiger partial charge in [0, 0.05) is 30.5 Å². The number of amides is 2. The Hall–Kier alpha value is -2.27. The van der Waals surface area contributed by atoms with Crippen molar-refractivity contribution in [1.82, 2.24) is 10.2 Å². The van der Waals surface area contributed by atoms with Gasteiger partial charge in [0.25, 0.3) is 0 Å². The van der Waals surface area contributed by atoms with Crippen molar-refractivity contribution in [2.75, 3.05) is 5.75 Å². The van der Waals surface area contributed by atoms with Gasteiger partial charge in [-0.15, -0.1) is 0 Å². The van der Waals surface area contributed by atoms with Crippen LogP contribution < -0.4 is 5.32 Å². The fourth-order valence-corrected chi connectivity index (χ4v) is 5.22. The van der Waals surface area contributed by atoms with E-state index in [1.807, 2.05) is 42.2 Å². The van der Waals surface area contributed by atoms with Crippen LogP contribution in [0.15, 0.2) is 54.6 Å². The van der Waals surface area contributed by atoms with E-state index < -0.39 is 6.04 Å². The minimum atomic E-state index is -0.429. The summed E-state index contributed by atoms with van der Waals surface area (Å²) in [6.45, 7) is 4.54. The monoisotopic (exact) mass is 452 g/mol. The molecule has 2 aromatic rings. The molecule has 1 aliphatic rings. The lowest BCUT2D eigenvalue weighted by atomic mass is 10.1. The fraction of sp³-hybridized carbons (Fsp3) is 0.481. The van der Waals surface area contributed by atoms with Crippen LogP contribution in [0.1, 0.15) is 62.1 Å². The normalized spacial score (nSPS) is 14.8. The summed E-state index contributed by atoms with van der Waals surface area (Å²) in [7, 11) is 0. The molecule has 2 aromatic carbocycles. The van der Waals surface area contributed by atoms with Crippen LogP contribution in [-0.4, -0.2) is 34.6 Å². The molecule has 0 spiro atoms. The average Bonchev–Trinajstić information content (AvgIpc) is 3.31. The van der Waals surface area contributed by atoms with Crippen LogP contribution >= 0.6 is 11.8 Å². The average molecular weight is 453 g/mol. The third kappa shape index (κ3) is 7.13. The van der Waals surface area contributed by atoms with E-state index in [2.05, 4.69) is 36.5 Å². The predicted molar refractivity (Wildman–Crippen MR) is 133 cm³/mol. The lowest BCUT2D eigenvalue weighted by Crippen LogP contribution is -2.51. The van der Waals surface area contributed by atoms with Gasteiger partial charge in [-0.3, -0.25) is 9.59 Å². The van der Waals surface area contributed by atoms with Crippen LogP contribution in [0.5, 0.6) is 0 Å². The van der Waals surface area contributed by atoms with E-state index in [4.69, 9.17) is 0 Å². The van der Waals surface area contributed by atoms with Crippen LogP contribution in [0, 0.1) is 6.92 Å². The summed E-state index contributed by atoms with van der Waals surface area (Å²) in [6, 6.07) is 18.3. The minimum Gasteiger partial charge on any atom is -0.352 e. The summed E-state index contributed by atoms with van der Waals surface area (Å²) in [5.41, 5.74) is 3.52. The maximum Gasteiger partial charge on any atom is 0.243 e. The number of carbonyl (C=O) groups excluding carboxylic acids is 2. The van der Waals surface area contributed by atoms with Crippen molar-refractivity contribution in [1.29, 1.82) is 0 Å². The molecule has 3 rings (SSSR count).